The van der Waals surface area contributed by atoms with E-state index in [0.717, 1.165) is 0 Å². The highest BCUT2D eigenvalue weighted by molar-refractivity contribution is 9.10. The van der Waals surface area contributed by atoms with Crippen LogP contribution in [0.5, 0.6) is 0 Å². The molecule has 3 N–H and O–H groups in total. The number of nitrogens with two attached hydrogens (primary N) is 1. The molecule has 0 amide bonds. The second kappa shape index (κ2) is 5.25. The van der Waals surface area contributed by atoms with Crippen LogP contribution in [0.1, 0.15) is 18.8 Å². The Kier molecular flexibility index (Phi) is 3.56. The molecule has 3 rings (SSSR count). The molecule has 21 heavy (non-hydrogen) atoms. The number of benzene rings is 1. The van der Waals surface area contributed by atoms with Gasteiger partial charge in [0.15, 0.2) is 5.82 Å². The second-order valence-electron chi connectivity index (χ2n) is 4.60. The molecular weight excluding hydrogens is 358 g/mol. The zero-order valence-corrected chi connectivity index (χ0v) is 13.3. The molecule has 1 aromatic carbocycles. The summed E-state index contributed by atoms with van der Waals surface area (Å²) < 4.78 is 2.04. The second-order valence-corrected chi connectivity index (χ2v) is 5.86. The van der Waals surface area contributed by atoms with E-state index < -0.39 is 6.04 Å². The van der Waals surface area contributed by atoms with Crippen molar-refractivity contribution >= 4 is 38.4 Å². The minimum absolute atomic E-state index is 0.289. The number of aromatic amines is 1. The van der Waals surface area contributed by atoms with Crippen LogP contribution in [-0.4, -0.2) is 19.7 Å². The Balaban J connectivity index is 2.50. The monoisotopic (exact) mass is 367 g/mol. The van der Waals surface area contributed by atoms with Crippen LogP contribution in [0.2, 0.25) is 5.02 Å². The van der Waals surface area contributed by atoms with E-state index in [0.29, 0.717) is 32.0 Å². The molecule has 0 saturated carbocycles. The highest BCUT2D eigenvalue weighted by Gasteiger charge is 2.19. The zero-order chi connectivity index (χ0) is 15.1. The number of H-pyrrole nitrogens is 1. The van der Waals surface area contributed by atoms with Crippen molar-refractivity contribution in [3.63, 3.8) is 0 Å². The number of fused-ring (bicyclic) bond motifs is 1. The quantitative estimate of drug-likeness (QED) is 0.727. The summed E-state index contributed by atoms with van der Waals surface area (Å²) in [6, 6.07) is 4.71. The first-order chi connectivity index (χ1) is 10.0. The molecule has 0 saturated heterocycles. The lowest BCUT2D eigenvalue weighted by Crippen LogP contribution is -2.28. The third-order valence-corrected chi connectivity index (χ3v) is 3.97. The number of rotatable bonds is 2. The molecule has 1 unspecified atom stereocenters. The highest BCUT2D eigenvalue weighted by Crippen LogP contribution is 2.24. The van der Waals surface area contributed by atoms with Crippen LogP contribution in [0.3, 0.4) is 0 Å². The minimum Gasteiger partial charge on any atom is -0.322 e. The Morgan fingerprint density at radius 2 is 2.24 bits per heavy atom. The molecule has 3 aromatic rings. The van der Waals surface area contributed by atoms with Crippen molar-refractivity contribution in [1.29, 1.82) is 0 Å². The van der Waals surface area contributed by atoms with Gasteiger partial charge in [0.25, 0.3) is 5.56 Å². The van der Waals surface area contributed by atoms with E-state index in [4.69, 9.17) is 17.3 Å². The zero-order valence-electron chi connectivity index (χ0n) is 11.0. The lowest BCUT2D eigenvalue weighted by molar-refractivity contribution is 0.687. The first-order valence-corrected chi connectivity index (χ1v) is 7.33. The molecule has 1 atom stereocenters. The SMILES string of the molecule is CC(N)c1nc2cccc(Cl)c2c(=O)n1-c1[nH]ncc1Br. The van der Waals surface area contributed by atoms with E-state index in [1.54, 1.807) is 31.3 Å². The van der Waals surface area contributed by atoms with Crippen molar-refractivity contribution in [3.8, 4) is 5.82 Å². The van der Waals surface area contributed by atoms with Gasteiger partial charge in [0.1, 0.15) is 5.82 Å². The van der Waals surface area contributed by atoms with Crippen LogP contribution in [-0.2, 0) is 0 Å². The van der Waals surface area contributed by atoms with Gasteiger partial charge in [0.2, 0.25) is 0 Å². The van der Waals surface area contributed by atoms with Gasteiger partial charge < -0.3 is 5.73 Å². The minimum atomic E-state index is -0.434. The van der Waals surface area contributed by atoms with Crippen molar-refractivity contribution in [2.75, 3.05) is 0 Å². The predicted molar refractivity (Wildman–Crippen MR) is 84.8 cm³/mol. The molecule has 0 aliphatic carbocycles. The normalized spacial score (nSPS) is 12.8. The van der Waals surface area contributed by atoms with Gasteiger partial charge in [-0.25, -0.2) is 9.55 Å². The molecule has 0 aliphatic rings. The highest BCUT2D eigenvalue weighted by atomic mass is 79.9. The topological polar surface area (TPSA) is 89.6 Å². The Labute approximate surface area is 133 Å². The van der Waals surface area contributed by atoms with Crippen molar-refractivity contribution in [2.24, 2.45) is 5.73 Å². The summed E-state index contributed by atoms with van der Waals surface area (Å²) >= 11 is 9.49. The molecule has 8 heteroatoms. The molecule has 0 fully saturated rings. The number of nitrogens with zero attached hydrogens (tertiary/aromatic N) is 3. The summed E-state index contributed by atoms with van der Waals surface area (Å²) in [5.74, 6) is 0.904. The summed E-state index contributed by atoms with van der Waals surface area (Å²) in [4.78, 5) is 17.3. The van der Waals surface area contributed by atoms with Crippen LogP contribution >= 0.6 is 27.5 Å². The Hall–Kier alpha value is -1.70. The standard InChI is InChI=1S/C13H11BrClN5O/c1-6(16)11-18-9-4-2-3-8(15)10(9)13(21)20(11)12-7(14)5-17-19-12/h2-6H,16H2,1H3,(H,17,19). The Bertz CT molecular complexity index is 886. The van der Waals surface area contributed by atoms with Gasteiger partial charge in [-0.2, -0.15) is 5.10 Å². The first kappa shape index (κ1) is 14.2. The molecule has 0 spiro atoms. The average Bonchev–Trinajstić information content (AvgIpc) is 2.84. The van der Waals surface area contributed by atoms with Gasteiger partial charge in [-0.15, -0.1) is 0 Å². The maximum Gasteiger partial charge on any atom is 0.268 e. The third kappa shape index (κ3) is 2.27. The van der Waals surface area contributed by atoms with E-state index in [1.165, 1.54) is 4.57 Å². The molecule has 0 radical (unpaired) electrons. The van der Waals surface area contributed by atoms with E-state index in [9.17, 15) is 4.79 Å². The maximum absolute atomic E-state index is 12.8. The van der Waals surface area contributed by atoms with E-state index in [2.05, 4.69) is 31.1 Å². The first-order valence-electron chi connectivity index (χ1n) is 6.16. The van der Waals surface area contributed by atoms with Gasteiger partial charge in [-0.05, 0) is 35.0 Å². The molecule has 2 heterocycles. The van der Waals surface area contributed by atoms with Crippen molar-refractivity contribution < 1.29 is 0 Å². The predicted octanol–water partition coefficient (Wildman–Crippen LogP) is 2.54. The molecular formula is C13H11BrClN5O. The molecule has 108 valence electrons. The van der Waals surface area contributed by atoms with E-state index in [-0.39, 0.29) is 5.56 Å². The van der Waals surface area contributed by atoms with Gasteiger partial charge in [-0.3, -0.25) is 9.89 Å². The number of hydrogen-bond donors (Lipinski definition) is 2. The smallest absolute Gasteiger partial charge is 0.268 e. The lowest BCUT2D eigenvalue weighted by Gasteiger charge is -2.15. The molecule has 0 bridgehead atoms. The average molecular weight is 369 g/mol. The van der Waals surface area contributed by atoms with Crippen molar-refractivity contribution in [2.45, 2.75) is 13.0 Å². The summed E-state index contributed by atoms with van der Waals surface area (Å²) in [7, 11) is 0. The number of hydrogen-bond acceptors (Lipinski definition) is 4. The number of aromatic nitrogens is 4. The fourth-order valence-corrected chi connectivity index (χ4v) is 2.77. The van der Waals surface area contributed by atoms with Gasteiger partial charge >= 0.3 is 0 Å². The molecule has 2 aromatic heterocycles. The van der Waals surface area contributed by atoms with Crippen molar-refractivity contribution in [3.05, 3.63) is 50.1 Å². The fraction of sp³-hybridized carbons (Fsp3) is 0.154. The Morgan fingerprint density at radius 1 is 1.48 bits per heavy atom. The van der Waals surface area contributed by atoms with Gasteiger partial charge in [0, 0.05) is 0 Å². The summed E-state index contributed by atoms with van der Waals surface area (Å²) in [5.41, 5.74) is 6.19. The number of nitrogens with one attached hydrogen (secondary N) is 1. The molecule has 0 aliphatic heterocycles. The largest absolute Gasteiger partial charge is 0.322 e. The number of halogens is 2. The summed E-state index contributed by atoms with van der Waals surface area (Å²) in [6.45, 7) is 1.76. The summed E-state index contributed by atoms with van der Waals surface area (Å²) in [5, 5.41) is 7.38. The molecule has 6 nitrogen and oxygen atoms in total. The maximum atomic E-state index is 12.8. The lowest BCUT2D eigenvalue weighted by atomic mass is 10.2. The van der Waals surface area contributed by atoms with Crippen LogP contribution in [0, 0.1) is 0 Å². The summed E-state index contributed by atoms with van der Waals surface area (Å²) in [6.07, 6.45) is 1.56. The van der Waals surface area contributed by atoms with Crippen molar-refractivity contribution in [1.82, 2.24) is 19.7 Å². The van der Waals surface area contributed by atoms with E-state index in [1.807, 2.05) is 0 Å². The fourth-order valence-electron chi connectivity index (χ4n) is 2.15. The van der Waals surface area contributed by atoms with Crippen LogP contribution in [0.25, 0.3) is 16.7 Å². The van der Waals surface area contributed by atoms with Crippen LogP contribution in [0.4, 0.5) is 0 Å². The van der Waals surface area contributed by atoms with Crippen LogP contribution < -0.4 is 11.3 Å². The van der Waals surface area contributed by atoms with Gasteiger partial charge in [-0.1, -0.05) is 17.7 Å². The van der Waals surface area contributed by atoms with Crippen LogP contribution in [0.15, 0.2) is 33.7 Å². The third-order valence-electron chi connectivity index (χ3n) is 3.08. The van der Waals surface area contributed by atoms with Gasteiger partial charge in [0.05, 0.1) is 32.6 Å². The van der Waals surface area contributed by atoms with E-state index >= 15 is 0 Å². The Morgan fingerprint density at radius 3 is 2.86 bits per heavy atom.